The lowest BCUT2D eigenvalue weighted by Gasteiger charge is -2.19. The first kappa shape index (κ1) is 12.8. The molecule has 5 nitrogen and oxygen atoms in total. The molecule has 1 aliphatic rings. The Hall–Kier alpha value is -0.670. The molecule has 1 amide bonds. The first-order chi connectivity index (χ1) is 7.92. The maximum Gasteiger partial charge on any atom is 0.325 e. The van der Waals surface area contributed by atoms with Crippen LogP contribution in [-0.2, 0) is 4.79 Å². The number of hydrogen-bond acceptors (Lipinski definition) is 4. The molecule has 2 heterocycles. The summed E-state index contributed by atoms with van der Waals surface area (Å²) in [7, 11) is 0. The minimum absolute atomic E-state index is 0.0770. The highest BCUT2D eigenvalue weighted by atomic mass is 127. The van der Waals surface area contributed by atoms with Crippen molar-refractivity contribution in [2.24, 2.45) is 5.73 Å². The van der Waals surface area contributed by atoms with E-state index in [2.05, 4.69) is 22.6 Å². The van der Waals surface area contributed by atoms with Crippen LogP contribution in [0, 0.1) is 2.88 Å². The molecule has 92 valence electrons. The minimum atomic E-state index is -1.29. The van der Waals surface area contributed by atoms with E-state index in [0.29, 0.717) is 18.5 Å². The number of likely N-dealkylation sites (tertiary alicyclic amines) is 1. The Morgan fingerprint density at radius 3 is 2.76 bits per heavy atom. The summed E-state index contributed by atoms with van der Waals surface area (Å²) in [4.78, 5) is 24.5. The largest absolute Gasteiger partial charge is 0.480 e. The number of rotatable bonds is 2. The molecule has 0 spiro atoms. The molecule has 1 unspecified atom stereocenters. The highest BCUT2D eigenvalue weighted by Crippen LogP contribution is 2.23. The molecular weight excluding hydrogens is 355 g/mol. The lowest BCUT2D eigenvalue weighted by atomic mass is 10.0. The predicted molar refractivity (Wildman–Crippen MR) is 72.1 cm³/mol. The van der Waals surface area contributed by atoms with Crippen molar-refractivity contribution in [3.8, 4) is 0 Å². The number of thiophene rings is 1. The number of carboxylic acids is 1. The molecule has 0 aromatic carbocycles. The van der Waals surface area contributed by atoms with E-state index in [1.807, 2.05) is 0 Å². The van der Waals surface area contributed by atoms with Gasteiger partial charge in [-0.25, -0.2) is 0 Å². The van der Waals surface area contributed by atoms with Gasteiger partial charge in [-0.2, -0.15) is 0 Å². The average Bonchev–Trinajstić information content (AvgIpc) is 2.85. The first-order valence-electron chi connectivity index (χ1n) is 4.98. The second kappa shape index (κ2) is 4.54. The molecule has 1 fully saturated rings. The van der Waals surface area contributed by atoms with Gasteiger partial charge in [0.1, 0.15) is 5.54 Å². The predicted octanol–water partition coefficient (Wildman–Crippen LogP) is 0.981. The third-order valence-corrected chi connectivity index (χ3v) is 4.62. The second-order valence-electron chi connectivity index (χ2n) is 4.08. The van der Waals surface area contributed by atoms with Crippen molar-refractivity contribution in [2.75, 3.05) is 13.1 Å². The minimum Gasteiger partial charge on any atom is -0.480 e. The van der Waals surface area contributed by atoms with Crippen molar-refractivity contribution in [3.63, 3.8) is 0 Å². The average molecular weight is 366 g/mol. The molecule has 0 radical (unpaired) electrons. The molecular formula is C10H11IN2O3S. The van der Waals surface area contributed by atoms with Gasteiger partial charge in [-0.1, -0.05) is 0 Å². The number of carbonyl (C=O) groups is 2. The number of nitrogens with two attached hydrogens (primary N) is 1. The summed E-state index contributed by atoms with van der Waals surface area (Å²) >= 11 is 3.63. The number of aliphatic carboxylic acids is 1. The van der Waals surface area contributed by atoms with Gasteiger partial charge in [0.05, 0.1) is 8.45 Å². The van der Waals surface area contributed by atoms with Gasteiger partial charge < -0.3 is 15.7 Å². The first-order valence-corrected chi connectivity index (χ1v) is 6.94. The van der Waals surface area contributed by atoms with E-state index >= 15 is 0 Å². The Morgan fingerprint density at radius 2 is 2.29 bits per heavy atom. The van der Waals surface area contributed by atoms with E-state index in [9.17, 15) is 9.59 Å². The van der Waals surface area contributed by atoms with E-state index in [-0.39, 0.29) is 12.5 Å². The van der Waals surface area contributed by atoms with Gasteiger partial charge in [-0.15, -0.1) is 11.3 Å². The number of nitrogens with zero attached hydrogens (tertiary/aromatic N) is 1. The molecule has 1 aliphatic heterocycles. The van der Waals surface area contributed by atoms with Crippen molar-refractivity contribution < 1.29 is 14.7 Å². The number of carbonyl (C=O) groups excluding carboxylic acids is 1. The zero-order valence-corrected chi connectivity index (χ0v) is 11.8. The Labute approximate surface area is 116 Å². The van der Waals surface area contributed by atoms with Crippen molar-refractivity contribution in [3.05, 3.63) is 19.9 Å². The van der Waals surface area contributed by atoms with Crippen LogP contribution in [0.3, 0.4) is 0 Å². The van der Waals surface area contributed by atoms with Gasteiger partial charge in [0.25, 0.3) is 5.91 Å². The highest BCUT2D eigenvalue weighted by molar-refractivity contribution is 14.1. The molecule has 1 atom stereocenters. The third kappa shape index (κ3) is 2.45. The van der Waals surface area contributed by atoms with Crippen LogP contribution in [0.1, 0.15) is 16.8 Å². The van der Waals surface area contributed by atoms with Crippen LogP contribution >= 0.6 is 33.9 Å². The van der Waals surface area contributed by atoms with E-state index in [0.717, 1.165) is 2.88 Å². The zero-order chi connectivity index (χ0) is 12.6. The summed E-state index contributed by atoms with van der Waals surface area (Å²) in [6.07, 6.45) is 0.301. The number of carboxylic acid groups (broad SMARTS) is 1. The SMILES string of the molecule is NC1(C(=O)O)CCN(C(=O)c2csc(I)c2)C1. The van der Waals surface area contributed by atoms with E-state index in [1.165, 1.54) is 16.2 Å². The summed E-state index contributed by atoms with van der Waals surface area (Å²) in [6.45, 7) is 0.474. The second-order valence-corrected chi connectivity index (χ2v) is 6.88. The fraction of sp³-hybridized carbons (Fsp3) is 0.400. The summed E-state index contributed by atoms with van der Waals surface area (Å²) < 4.78 is 1.03. The molecule has 3 N–H and O–H groups in total. The molecule has 17 heavy (non-hydrogen) atoms. The van der Waals surface area contributed by atoms with Crippen LogP contribution in [0.5, 0.6) is 0 Å². The van der Waals surface area contributed by atoms with Crippen molar-refractivity contribution in [1.82, 2.24) is 4.90 Å². The van der Waals surface area contributed by atoms with Crippen molar-refractivity contribution in [2.45, 2.75) is 12.0 Å². The number of halogens is 1. The molecule has 7 heteroatoms. The van der Waals surface area contributed by atoms with Crippen LogP contribution in [0.4, 0.5) is 0 Å². The molecule has 0 aliphatic carbocycles. The third-order valence-electron chi connectivity index (χ3n) is 2.83. The van der Waals surface area contributed by atoms with Crippen LogP contribution in [0.2, 0.25) is 0 Å². The smallest absolute Gasteiger partial charge is 0.325 e. The Morgan fingerprint density at radius 1 is 1.59 bits per heavy atom. The van der Waals surface area contributed by atoms with Gasteiger partial charge in [-0.05, 0) is 35.1 Å². The van der Waals surface area contributed by atoms with E-state index in [1.54, 1.807) is 11.4 Å². The van der Waals surface area contributed by atoms with Crippen LogP contribution in [0.25, 0.3) is 0 Å². The molecule has 2 rings (SSSR count). The fourth-order valence-electron chi connectivity index (χ4n) is 1.79. The van der Waals surface area contributed by atoms with Crippen LogP contribution in [-0.4, -0.2) is 40.5 Å². The lowest BCUT2D eigenvalue weighted by Crippen LogP contribution is -2.50. The number of amides is 1. The van der Waals surface area contributed by atoms with Crippen molar-refractivity contribution in [1.29, 1.82) is 0 Å². The van der Waals surface area contributed by atoms with Crippen LogP contribution < -0.4 is 5.73 Å². The summed E-state index contributed by atoms with van der Waals surface area (Å²) in [5, 5.41) is 10.8. The normalized spacial score (nSPS) is 24.0. The molecule has 0 saturated carbocycles. The Kier molecular flexibility index (Phi) is 3.41. The maximum atomic E-state index is 12.1. The van der Waals surface area contributed by atoms with Gasteiger partial charge in [-0.3, -0.25) is 9.59 Å². The molecule has 1 aromatic heterocycles. The van der Waals surface area contributed by atoms with E-state index < -0.39 is 11.5 Å². The topological polar surface area (TPSA) is 83.6 Å². The molecule has 1 aromatic rings. The van der Waals surface area contributed by atoms with Crippen molar-refractivity contribution >= 4 is 45.8 Å². The Balaban J connectivity index is 2.11. The Bertz CT molecular complexity index is 476. The number of hydrogen-bond donors (Lipinski definition) is 2. The highest BCUT2D eigenvalue weighted by Gasteiger charge is 2.43. The zero-order valence-electron chi connectivity index (χ0n) is 8.85. The summed E-state index contributed by atoms with van der Waals surface area (Å²) in [5.74, 6) is -1.19. The molecule has 0 bridgehead atoms. The monoisotopic (exact) mass is 366 g/mol. The summed E-state index contributed by atoms with van der Waals surface area (Å²) in [5.41, 5.74) is 5.03. The van der Waals surface area contributed by atoms with Crippen LogP contribution in [0.15, 0.2) is 11.4 Å². The maximum absolute atomic E-state index is 12.1. The van der Waals surface area contributed by atoms with E-state index in [4.69, 9.17) is 10.8 Å². The van der Waals surface area contributed by atoms with Gasteiger partial charge in [0, 0.05) is 18.5 Å². The summed E-state index contributed by atoms with van der Waals surface area (Å²) in [6, 6.07) is 1.80. The quantitative estimate of drug-likeness (QED) is 0.765. The van der Waals surface area contributed by atoms with Gasteiger partial charge in [0.2, 0.25) is 0 Å². The molecule has 1 saturated heterocycles. The standard InChI is InChI=1S/C10H11IN2O3S/c11-7-3-6(4-17-7)8(14)13-2-1-10(12,5-13)9(15)16/h3-4H,1-2,5,12H2,(H,15,16). The van der Waals surface area contributed by atoms with Gasteiger partial charge in [0.15, 0.2) is 0 Å². The lowest BCUT2D eigenvalue weighted by molar-refractivity contribution is -0.142. The van der Waals surface area contributed by atoms with Gasteiger partial charge >= 0.3 is 5.97 Å². The fourth-order valence-corrected chi connectivity index (χ4v) is 3.11.